The van der Waals surface area contributed by atoms with Crippen LogP contribution in [0.1, 0.15) is 25.7 Å². The lowest BCUT2D eigenvalue weighted by Crippen LogP contribution is -2.33. The number of ether oxygens (including phenoxy) is 1. The first-order chi connectivity index (χ1) is 5.85. The van der Waals surface area contributed by atoms with Gasteiger partial charge in [-0.05, 0) is 38.8 Å². The molecule has 1 saturated carbocycles. The molecule has 0 N–H and O–H groups in total. The Hall–Kier alpha value is -0.570. The van der Waals surface area contributed by atoms with E-state index in [1.807, 2.05) is 0 Å². The van der Waals surface area contributed by atoms with Gasteiger partial charge in [0.05, 0.1) is 0 Å². The molecule has 2 aliphatic rings. The van der Waals surface area contributed by atoms with Gasteiger partial charge in [-0.2, -0.15) is 0 Å². The van der Waals surface area contributed by atoms with Gasteiger partial charge in [0, 0.05) is 6.54 Å². The summed E-state index contributed by atoms with van der Waals surface area (Å²) in [6, 6.07) is 0. The first kappa shape index (κ1) is 8.05. The lowest BCUT2D eigenvalue weighted by molar-refractivity contribution is -0.136. The van der Waals surface area contributed by atoms with Gasteiger partial charge in [0.15, 0.2) is 0 Å². The van der Waals surface area contributed by atoms with E-state index in [9.17, 15) is 4.79 Å². The Morgan fingerprint density at radius 1 is 1.33 bits per heavy atom. The van der Waals surface area contributed by atoms with Gasteiger partial charge in [-0.25, -0.2) is 0 Å². The van der Waals surface area contributed by atoms with Crippen LogP contribution in [0.15, 0.2) is 0 Å². The zero-order valence-electron chi connectivity index (χ0n) is 7.29. The van der Waals surface area contributed by atoms with E-state index < -0.39 is 0 Å². The summed E-state index contributed by atoms with van der Waals surface area (Å²) in [5.41, 5.74) is -0.0773. The molecule has 0 bridgehead atoms. The minimum absolute atomic E-state index is 0.0773. The van der Waals surface area contributed by atoms with Crippen LogP contribution in [0.5, 0.6) is 0 Å². The van der Waals surface area contributed by atoms with Gasteiger partial charge in [0.1, 0.15) is 5.60 Å². The predicted molar refractivity (Wildman–Crippen MR) is 44.8 cm³/mol. The lowest BCUT2D eigenvalue weighted by atomic mass is 10.3. The molecule has 0 amide bonds. The van der Waals surface area contributed by atoms with Crippen molar-refractivity contribution < 1.29 is 9.53 Å². The highest BCUT2D eigenvalue weighted by Gasteiger charge is 2.46. The molecule has 0 aromatic carbocycles. The highest BCUT2D eigenvalue weighted by atomic mass is 16.5. The normalized spacial score (nSPS) is 27.0. The molecule has 0 aromatic heterocycles. The zero-order valence-corrected chi connectivity index (χ0v) is 7.29. The topological polar surface area (TPSA) is 29.5 Å². The molecular weight excluding hydrogens is 154 g/mol. The average Bonchev–Trinajstić information content (AvgIpc) is 2.63. The molecule has 1 aliphatic carbocycles. The molecule has 2 fully saturated rings. The maximum Gasteiger partial charge on any atom is 0.293 e. The minimum Gasteiger partial charge on any atom is -0.460 e. The molecule has 1 saturated heterocycles. The summed E-state index contributed by atoms with van der Waals surface area (Å²) in [7, 11) is 0. The van der Waals surface area contributed by atoms with E-state index in [0.717, 1.165) is 19.4 Å². The van der Waals surface area contributed by atoms with Gasteiger partial charge in [-0.3, -0.25) is 9.69 Å². The van der Waals surface area contributed by atoms with Gasteiger partial charge in [0.2, 0.25) is 0 Å². The zero-order chi connectivity index (χ0) is 8.44. The standard InChI is InChI=1S/C9H15NO2/c11-8-12-9(3-4-9)7-10-5-1-2-6-10/h8H,1-7H2. The SMILES string of the molecule is O=COC1(CN2CCCC2)CC1. The third-order valence-electron chi connectivity index (χ3n) is 2.82. The first-order valence-corrected chi connectivity index (χ1v) is 4.68. The van der Waals surface area contributed by atoms with E-state index in [0.29, 0.717) is 6.47 Å². The van der Waals surface area contributed by atoms with Crippen LogP contribution in [0.4, 0.5) is 0 Å². The van der Waals surface area contributed by atoms with Crippen LogP contribution < -0.4 is 0 Å². The maximum atomic E-state index is 10.2. The molecular formula is C9H15NO2. The van der Waals surface area contributed by atoms with Crippen molar-refractivity contribution in [2.45, 2.75) is 31.3 Å². The Bertz CT molecular complexity index is 171. The van der Waals surface area contributed by atoms with E-state index in [4.69, 9.17) is 4.74 Å². The number of rotatable bonds is 4. The molecule has 12 heavy (non-hydrogen) atoms. The van der Waals surface area contributed by atoms with Crippen molar-refractivity contribution >= 4 is 6.47 Å². The fourth-order valence-corrected chi connectivity index (χ4v) is 1.90. The summed E-state index contributed by atoms with van der Waals surface area (Å²) in [6.45, 7) is 3.93. The monoisotopic (exact) mass is 169 g/mol. The van der Waals surface area contributed by atoms with Crippen LogP contribution in [-0.4, -0.2) is 36.6 Å². The van der Waals surface area contributed by atoms with E-state index in [-0.39, 0.29) is 5.60 Å². The first-order valence-electron chi connectivity index (χ1n) is 4.68. The van der Waals surface area contributed by atoms with Gasteiger partial charge in [-0.15, -0.1) is 0 Å². The third kappa shape index (κ3) is 1.61. The van der Waals surface area contributed by atoms with Gasteiger partial charge < -0.3 is 4.74 Å². The number of likely N-dealkylation sites (tertiary alicyclic amines) is 1. The molecule has 0 unspecified atom stereocenters. The highest BCUT2D eigenvalue weighted by molar-refractivity contribution is 5.39. The molecule has 68 valence electrons. The van der Waals surface area contributed by atoms with Crippen molar-refractivity contribution in [3.05, 3.63) is 0 Å². The lowest BCUT2D eigenvalue weighted by Gasteiger charge is -2.21. The Labute approximate surface area is 72.7 Å². The van der Waals surface area contributed by atoms with Crippen LogP contribution in [0.2, 0.25) is 0 Å². The summed E-state index contributed by atoms with van der Waals surface area (Å²) in [4.78, 5) is 12.6. The summed E-state index contributed by atoms with van der Waals surface area (Å²) in [5, 5.41) is 0. The number of hydrogen-bond donors (Lipinski definition) is 0. The van der Waals surface area contributed by atoms with Crippen molar-refractivity contribution in [1.82, 2.24) is 4.90 Å². The largest absolute Gasteiger partial charge is 0.460 e. The second-order valence-corrected chi connectivity index (χ2v) is 3.88. The fraction of sp³-hybridized carbons (Fsp3) is 0.889. The molecule has 1 aliphatic heterocycles. The Morgan fingerprint density at radius 2 is 2.00 bits per heavy atom. The summed E-state index contributed by atoms with van der Waals surface area (Å²) >= 11 is 0. The molecule has 0 radical (unpaired) electrons. The van der Waals surface area contributed by atoms with E-state index in [1.54, 1.807) is 0 Å². The second kappa shape index (κ2) is 3.05. The number of nitrogens with zero attached hydrogens (tertiary/aromatic N) is 1. The highest BCUT2D eigenvalue weighted by Crippen LogP contribution is 2.40. The number of hydrogen-bond acceptors (Lipinski definition) is 3. The van der Waals surface area contributed by atoms with E-state index in [2.05, 4.69) is 4.90 Å². The van der Waals surface area contributed by atoms with Crippen molar-refractivity contribution in [3.63, 3.8) is 0 Å². The molecule has 0 spiro atoms. The van der Waals surface area contributed by atoms with Crippen LogP contribution in [0.3, 0.4) is 0 Å². The smallest absolute Gasteiger partial charge is 0.293 e. The van der Waals surface area contributed by atoms with E-state index >= 15 is 0 Å². The minimum atomic E-state index is -0.0773. The third-order valence-corrected chi connectivity index (χ3v) is 2.82. The van der Waals surface area contributed by atoms with E-state index in [1.165, 1.54) is 25.9 Å². The summed E-state index contributed by atoms with van der Waals surface area (Å²) < 4.78 is 5.08. The Kier molecular flexibility index (Phi) is 2.05. The number of carbonyl (C=O) groups excluding carboxylic acids is 1. The fourth-order valence-electron chi connectivity index (χ4n) is 1.90. The molecule has 0 aromatic rings. The second-order valence-electron chi connectivity index (χ2n) is 3.88. The van der Waals surface area contributed by atoms with Gasteiger partial charge >= 0.3 is 0 Å². The summed E-state index contributed by atoms with van der Waals surface area (Å²) in [5.74, 6) is 0. The van der Waals surface area contributed by atoms with Gasteiger partial charge in [0.25, 0.3) is 6.47 Å². The van der Waals surface area contributed by atoms with Crippen LogP contribution in [-0.2, 0) is 9.53 Å². The van der Waals surface area contributed by atoms with Crippen LogP contribution in [0.25, 0.3) is 0 Å². The van der Waals surface area contributed by atoms with Crippen molar-refractivity contribution in [2.75, 3.05) is 19.6 Å². The average molecular weight is 169 g/mol. The predicted octanol–water partition coefficient (Wildman–Crippen LogP) is 0.788. The number of carbonyl (C=O) groups is 1. The maximum absolute atomic E-state index is 10.2. The van der Waals surface area contributed by atoms with Crippen molar-refractivity contribution in [2.24, 2.45) is 0 Å². The van der Waals surface area contributed by atoms with Crippen LogP contribution >= 0.6 is 0 Å². The molecule has 0 atom stereocenters. The molecule has 3 heteroatoms. The summed E-state index contributed by atoms with van der Waals surface area (Å²) in [6.07, 6.45) is 4.72. The van der Waals surface area contributed by atoms with Crippen molar-refractivity contribution in [1.29, 1.82) is 0 Å². The van der Waals surface area contributed by atoms with Gasteiger partial charge in [-0.1, -0.05) is 0 Å². The Morgan fingerprint density at radius 3 is 2.50 bits per heavy atom. The molecule has 2 rings (SSSR count). The Balaban J connectivity index is 1.80. The molecule has 3 nitrogen and oxygen atoms in total. The molecule has 1 heterocycles. The van der Waals surface area contributed by atoms with Crippen molar-refractivity contribution in [3.8, 4) is 0 Å². The quantitative estimate of drug-likeness (QED) is 0.583. The van der Waals surface area contributed by atoms with Crippen LogP contribution in [0, 0.1) is 0 Å².